The summed E-state index contributed by atoms with van der Waals surface area (Å²) in [5.41, 5.74) is -1.54. The van der Waals surface area contributed by atoms with E-state index in [0.717, 1.165) is 6.07 Å². The van der Waals surface area contributed by atoms with Crippen LogP contribution in [0.5, 0.6) is 0 Å². The van der Waals surface area contributed by atoms with Gasteiger partial charge in [0.05, 0.1) is 17.0 Å². The van der Waals surface area contributed by atoms with Crippen molar-refractivity contribution in [3.63, 3.8) is 0 Å². The first-order chi connectivity index (χ1) is 9.54. The van der Waals surface area contributed by atoms with Gasteiger partial charge in [-0.2, -0.15) is 13.2 Å². The highest BCUT2D eigenvalue weighted by molar-refractivity contribution is 5.95. The Morgan fingerprint density at radius 3 is 2.52 bits per heavy atom. The van der Waals surface area contributed by atoms with Gasteiger partial charge < -0.3 is 10.4 Å². The molecular weight excluding hydrogens is 300 g/mol. The Bertz CT molecular complexity index is 574. The van der Waals surface area contributed by atoms with Gasteiger partial charge in [0.1, 0.15) is 5.82 Å². The lowest BCUT2D eigenvalue weighted by molar-refractivity contribution is -0.385. The molecule has 6 nitrogen and oxygen atoms in total. The molecule has 0 fully saturated rings. The molecule has 1 unspecified atom stereocenters. The largest absolute Gasteiger partial charge is 0.416 e. The second-order valence-corrected chi connectivity index (χ2v) is 4.15. The number of aryl methyl sites for hydroxylation is 1. The highest BCUT2D eigenvalue weighted by atomic mass is 19.4. The first-order valence-electron chi connectivity index (χ1n) is 5.51. The van der Waals surface area contributed by atoms with Crippen molar-refractivity contribution in [2.45, 2.75) is 19.2 Å². The van der Waals surface area contributed by atoms with Crippen molar-refractivity contribution < 1.29 is 32.4 Å². The molecule has 0 heterocycles. The summed E-state index contributed by atoms with van der Waals surface area (Å²) in [7, 11) is 0. The van der Waals surface area contributed by atoms with E-state index < -0.39 is 46.7 Å². The number of nitro benzene ring substituents is 1. The lowest BCUT2D eigenvalue weighted by Gasteiger charge is -2.15. The predicted molar refractivity (Wildman–Crippen MR) is 62.2 cm³/mol. The number of nitrogens with one attached hydrogen (secondary N) is 1. The van der Waals surface area contributed by atoms with Gasteiger partial charge in [0, 0.05) is 12.1 Å². The third kappa shape index (κ3) is 4.12. The normalized spacial score (nSPS) is 12.9. The van der Waals surface area contributed by atoms with Gasteiger partial charge >= 0.3 is 6.18 Å². The molecule has 1 amide bonds. The molecule has 0 aliphatic heterocycles. The Morgan fingerprint density at radius 1 is 1.48 bits per heavy atom. The third-order valence-electron chi connectivity index (χ3n) is 2.53. The standard InChI is InChI=1S/C11H10F4N2O4/c1-5-2-6(17(20)21)3-7(9(5)12)10(19)16-4-8(18)11(13,14)15/h2-3,8,18H,4H2,1H3,(H,16,19). The molecule has 0 aromatic heterocycles. The second kappa shape index (κ2) is 6.04. The Hall–Kier alpha value is -2.23. The van der Waals surface area contributed by atoms with Gasteiger partial charge in [0.25, 0.3) is 11.6 Å². The Balaban J connectivity index is 2.95. The minimum atomic E-state index is -4.94. The highest BCUT2D eigenvalue weighted by Crippen LogP contribution is 2.22. The number of rotatable bonds is 4. The average Bonchev–Trinajstić information content (AvgIpc) is 2.37. The maximum absolute atomic E-state index is 13.7. The molecule has 0 saturated heterocycles. The van der Waals surface area contributed by atoms with Crippen LogP contribution in [0.4, 0.5) is 23.2 Å². The number of nitrogens with zero attached hydrogens (tertiary/aromatic N) is 1. The smallest absolute Gasteiger partial charge is 0.382 e. The summed E-state index contributed by atoms with van der Waals surface area (Å²) < 4.78 is 49.8. The van der Waals surface area contributed by atoms with Crippen molar-refractivity contribution in [2.24, 2.45) is 0 Å². The zero-order chi connectivity index (χ0) is 16.4. The zero-order valence-corrected chi connectivity index (χ0v) is 10.6. The van der Waals surface area contributed by atoms with E-state index in [9.17, 15) is 32.5 Å². The molecular formula is C11H10F4N2O4. The zero-order valence-electron chi connectivity index (χ0n) is 10.6. The first kappa shape index (κ1) is 16.8. The van der Waals surface area contributed by atoms with Gasteiger partial charge in [-0.25, -0.2) is 4.39 Å². The molecule has 0 aliphatic carbocycles. The SMILES string of the molecule is Cc1cc([N+](=O)[O-])cc(C(=O)NCC(O)C(F)(F)F)c1F. The van der Waals surface area contributed by atoms with Gasteiger partial charge in [-0.1, -0.05) is 0 Å². The summed E-state index contributed by atoms with van der Waals surface area (Å²) in [5, 5.41) is 21.0. The number of alkyl halides is 3. The van der Waals surface area contributed by atoms with Crippen LogP contribution >= 0.6 is 0 Å². The highest BCUT2D eigenvalue weighted by Gasteiger charge is 2.38. The van der Waals surface area contributed by atoms with E-state index in [1.165, 1.54) is 6.92 Å². The number of halogens is 4. The van der Waals surface area contributed by atoms with E-state index in [2.05, 4.69) is 0 Å². The summed E-state index contributed by atoms with van der Waals surface area (Å²) in [5.74, 6) is -2.37. The van der Waals surface area contributed by atoms with Crippen LogP contribution in [0, 0.1) is 22.9 Å². The van der Waals surface area contributed by atoms with Gasteiger partial charge in [-0.05, 0) is 12.5 Å². The van der Waals surface area contributed by atoms with Crippen LogP contribution in [0.3, 0.4) is 0 Å². The third-order valence-corrected chi connectivity index (χ3v) is 2.53. The van der Waals surface area contributed by atoms with Gasteiger partial charge in [0.15, 0.2) is 6.10 Å². The molecule has 0 aliphatic rings. The van der Waals surface area contributed by atoms with E-state index in [-0.39, 0.29) is 5.56 Å². The molecule has 0 radical (unpaired) electrons. The number of nitro groups is 1. The van der Waals surface area contributed by atoms with Gasteiger partial charge in [0.2, 0.25) is 0 Å². The first-order valence-corrected chi connectivity index (χ1v) is 5.51. The molecule has 0 bridgehead atoms. The molecule has 10 heteroatoms. The van der Waals surface area contributed by atoms with Crippen LogP contribution in [0.25, 0.3) is 0 Å². The average molecular weight is 310 g/mol. The summed E-state index contributed by atoms with van der Waals surface area (Å²) in [4.78, 5) is 21.3. The van der Waals surface area contributed by atoms with E-state index in [4.69, 9.17) is 5.11 Å². The summed E-state index contributed by atoms with van der Waals surface area (Å²) in [6, 6.07) is 1.49. The van der Waals surface area contributed by atoms with Crippen molar-refractivity contribution in [3.8, 4) is 0 Å². The molecule has 116 valence electrons. The Morgan fingerprint density at radius 2 is 2.05 bits per heavy atom. The van der Waals surface area contributed by atoms with Gasteiger partial charge in [-0.15, -0.1) is 0 Å². The number of aliphatic hydroxyl groups excluding tert-OH is 1. The number of non-ortho nitro benzene ring substituents is 1. The summed E-state index contributed by atoms with van der Waals surface area (Å²) >= 11 is 0. The van der Waals surface area contributed by atoms with Crippen LogP contribution in [-0.2, 0) is 0 Å². The van der Waals surface area contributed by atoms with Crippen molar-refractivity contribution in [1.29, 1.82) is 0 Å². The lowest BCUT2D eigenvalue weighted by Crippen LogP contribution is -2.40. The van der Waals surface area contributed by atoms with Crippen LogP contribution in [0.15, 0.2) is 12.1 Å². The molecule has 1 atom stereocenters. The number of hydrogen-bond donors (Lipinski definition) is 2. The van der Waals surface area contributed by atoms with Crippen molar-refractivity contribution in [3.05, 3.63) is 39.2 Å². The summed E-state index contributed by atoms with van der Waals surface area (Å²) in [6.45, 7) is -0.0206. The maximum atomic E-state index is 13.7. The molecule has 1 aromatic rings. The van der Waals surface area contributed by atoms with Crippen molar-refractivity contribution >= 4 is 11.6 Å². The number of benzene rings is 1. The molecule has 2 N–H and O–H groups in total. The fourth-order valence-corrected chi connectivity index (χ4v) is 1.42. The molecule has 1 rings (SSSR count). The number of hydrogen-bond acceptors (Lipinski definition) is 4. The molecule has 21 heavy (non-hydrogen) atoms. The van der Waals surface area contributed by atoms with E-state index >= 15 is 0 Å². The quantitative estimate of drug-likeness (QED) is 0.503. The molecule has 1 aromatic carbocycles. The van der Waals surface area contributed by atoms with Crippen molar-refractivity contribution in [2.75, 3.05) is 6.54 Å². The molecule has 0 saturated carbocycles. The van der Waals surface area contributed by atoms with E-state index in [1.807, 2.05) is 0 Å². The van der Waals surface area contributed by atoms with Crippen LogP contribution in [0.1, 0.15) is 15.9 Å². The Kier molecular flexibility index (Phi) is 4.84. The monoisotopic (exact) mass is 310 g/mol. The van der Waals surface area contributed by atoms with E-state index in [1.54, 1.807) is 5.32 Å². The van der Waals surface area contributed by atoms with E-state index in [0.29, 0.717) is 6.07 Å². The van der Waals surface area contributed by atoms with Crippen molar-refractivity contribution in [1.82, 2.24) is 5.32 Å². The lowest BCUT2D eigenvalue weighted by atomic mass is 10.1. The Labute approximate surface area is 115 Å². The van der Waals surface area contributed by atoms with Crippen LogP contribution in [-0.4, -0.2) is 34.8 Å². The fourth-order valence-electron chi connectivity index (χ4n) is 1.42. The molecule has 0 spiro atoms. The number of carbonyl (C=O) groups is 1. The fraction of sp³-hybridized carbons (Fsp3) is 0.364. The van der Waals surface area contributed by atoms with Gasteiger partial charge in [-0.3, -0.25) is 14.9 Å². The minimum Gasteiger partial charge on any atom is -0.382 e. The number of carbonyl (C=O) groups excluding carboxylic acids is 1. The van der Waals surface area contributed by atoms with Crippen LogP contribution < -0.4 is 5.32 Å². The second-order valence-electron chi connectivity index (χ2n) is 4.15. The maximum Gasteiger partial charge on any atom is 0.416 e. The topological polar surface area (TPSA) is 92.5 Å². The predicted octanol–water partition coefficient (Wildman–Crippen LogP) is 1.70. The number of amides is 1. The minimum absolute atomic E-state index is 0.203. The summed E-state index contributed by atoms with van der Waals surface area (Å²) in [6.07, 6.45) is -7.76. The van der Waals surface area contributed by atoms with Crippen LogP contribution in [0.2, 0.25) is 0 Å². The number of aliphatic hydroxyl groups is 1.